The number of morpholine rings is 1. The molecule has 0 unspecified atom stereocenters. The summed E-state index contributed by atoms with van der Waals surface area (Å²) < 4.78 is 16.1. The maximum Gasteiger partial charge on any atom is 0.243 e. The molecule has 1 saturated heterocycles. The number of benzene rings is 1. The fourth-order valence-electron chi connectivity index (χ4n) is 3.16. The van der Waals surface area contributed by atoms with E-state index < -0.39 is 0 Å². The van der Waals surface area contributed by atoms with Crippen LogP contribution in [-0.2, 0) is 16.0 Å². The minimum Gasteiger partial charge on any atom is -0.493 e. The lowest BCUT2D eigenvalue weighted by atomic mass is 10.1. The zero-order chi connectivity index (χ0) is 22.5. The molecule has 1 heterocycles. The molecule has 1 aromatic rings. The van der Waals surface area contributed by atoms with Crippen LogP contribution in [0.3, 0.4) is 0 Å². The van der Waals surface area contributed by atoms with E-state index in [1.165, 1.54) is 0 Å². The van der Waals surface area contributed by atoms with E-state index in [-0.39, 0.29) is 12.5 Å². The standard InChI is InChI=1S/C22H37N5O4/c1-26(2)21(28)17-25-22(23-9-5-11-27-12-14-31-15-13-27)24-10-8-18-6-7-19(29-3)20(16-18)30-4/h6-7,16H,5,8-15,17H2,1-4H3,(H2,23,24,25). The van der Waals surface area contributed by atoms with Crippen LogP contribution < -0.4 is 20.1 Å². The number of guanidine groups is 1. The molecule has 9 heteroatoms. The maximum absolute atomic E-state index is 11.9. The molecule has 9 nitrogen and oxygen atoms in total. The normalized spacial score (nSPS) is 14.8. The number of nitrogens with zero attached hydrogens (tertiary/aromatic N) is 3. The first-order valence-corrected chi connectivity index (χ1v) is 10.8. The molecule has 31 heavy (non-hydrogen) atoms. The molecular weight excluding hydrogens is 398 g/mol. The van der Waals surface area contributed by atoms with Crippen molar-refractivity contribution in [1.82, 2.24) is 20.4 Å². The topological polar surface area (TPSA) is 87.7 Å². The predicted molar refractivity (Wildman–Crippen MR) is 122 cm³/mol. The van der Waals surface area contributed by atoms with Crippen LogP contribution in [0.2, 0.25) is 0 Å². The molecule has 0 saturated carbocycles. The number of hydrogen-bond acceptors (Lipinski definition) is 6. The highest BCUT2D eigenvalue weighted by Crippen LogP contribution is 2.27. The molecule has 2 N–H and O–H groups in total. The first-order valence-electron chi connectivity index (χ1n) is 10.8. The lowest BCUT2D eigenvalue weighted by Gasteiger charge is -2.26. The highest BCUT2D eigenvalue weighted by Gasteiger charge is 2.10. The second-order valence-corrected chi connectivity index (χ2v) is 7.55. The molecule has 0 radical (unpaired) electrons. The van der Waals surface area contributed by atoms with Gasteiger partial charge < -0.3 is 29.7 Å². The Bertz CT molecular complexity index is 705. The van der Waals surface area contributed by atoms with Gasteiger partial charge in [-0.1, -0.05) is 6.07 Å². The summed E-state index contributed by atoms with van der Waals surface area (Å²) in [6.07, 6.45) is 1.79. The molecule has 0 spiro atoms. The summed E-state index contributed by atoms with van der Waals surface area (Å²) in [5, 5.41) is 6.68. The summed E-state index contributed by atoms with van der Waals surface area (Å²) in [5.41, 5.74) is 1.13. The molecule has 174 valence electrons. The fourth-order valence-corrected chi connectivity index (χ4v) is 3.16. The fraction of sp³-hybridized carbons (Fsp3) is 0.636. The van der Waals surface area contributed by atoms with Gasteiger partial charge in [0.1, 0.15) is 6.54 Å². The van der Waals surface area contributed by atoms with Gasteiger partial charge in [-0.3, -0.25) is 9.69 Å². The number of ether oxygens (including phenoxy) is 3. The van der Waals surface area contributed by atoms with E-state index in [4.69, 9.17) is 14.2 Å². The third-order valence-electron chi connectivity index (χ3n) is 5.07. The number of likely N-dealkylation sites (N-methyl/N-ethyl adjacent to an activating group) is 1. The van der Waals surface area contributed by atoms with E-state index in [0.717, 1.165) is 57.8 Å². The summed E-state index contributed by atoms with van der Waals surface area (Å²) in [6.45, 7) is 6.20. The Morgan fingerprint density at radius 1 is 1.13 bits per heavy atom. The summed E-state index contributed by atoms with van der Waals surface area (Å²) in [4.78, 5) is 20.3. The Morgan fingerprint density at radius 2 is 1.84 bits per heavy atom. The van der Waals surface area contributed by atoms with Gasteiger partial charge in [0.15, 0.2) is 17.5 Å². The molecule has 1 fully saturated rings. The van der Waals surface area contributed by atoms with Crippen LogP contribution in [0.1, 0.15) is 12.0 Å². The van der Waals surface area contributed by atoms with Gasteiger partial charge in [0.25, 0.3) is 0 Å². The maximum atomic E-state index is 11.9. The molecule has 1 aliphatic heterocycles. The minimum atomic E-state index is -0.0330. The quantitative estimate of drug-likeness (QED) is 0.299. The smallest absolute Gasteiger partial charge is 0.243 e. The van der Waals surface area contributed by atoms with Crippen LogP contribution in [0, 0.1) is 0 Å². The lowest BCUT2D eigenvalue weighted by molar-refractivity contribution is -0.127. The molecule has 0 aliphatic carbocycles. The number of carbonyl (C=O) groups is 1. The molecule has 0 bridgehead atoms. The van der Waals surface area contributed by atoms with E-state index in [9.17, 15) is 4.79 Å². The van der Waals surface area contributed by atoms with Crippen molar-refractivity contribution in [2.24, 2.45) is 4.99 Å². The van der Waals surface area contributed by atoms with Gasteiger partial charge in [-0.05, 0) is 37.1 Å². The van der Waals surface area contributed by atoms with Crippen molar-refractivity contribution < 1.29 is 19.0 Å². The van der Waals surface area contributed by atoms with Crippen LogP contribution in [0.15, 0.2) is 23.2 Å². The summed E-state index contributed by atoms with van der Waals surface area (Å²) in [7, 11) is 6.73. The first kappa shape index (κ1) is 24.7. The highest BCUT2D eigenvalue weighted by atomic mass is 16.5. The molecular formula is C22H37N5O4. The second kappa shape index (κ2) is 13.7. The SMILES string of the molecule is COc1ccc(CCNC(=NCC(=O)N(C)C)NCCCN2CCOCC2)cc1OC. The number of methoxy groups -OCH3 is 2. The van der Waals surface area contributed by atoms with Crippen molar-refractivity contribution in [3.63, 3.8) is 0 Å². The Labute approximate surface area is 185 Å². The Morgan fingerprint density at radius 3 is 2.52 bits per heavy atom. The van der Waals surface area contributed by atoms with Crippen molar-refractivity contribution in [3.05, 3.63) is 23.8 Å². The Hall–Kier alpha value is -2.52. The van der Waals surface area contributed by atoms with Crippen molar-refractivity contribution in [3.8, 4) is 11.5 Å². The van der Waals surface area contributed by atoms with Crippen molar-refractivity contribution in [2.45, 2.75) is 12.8 Å². The second-order valence-electron chi connectivity index (χ2n) is 7.55. The van der Waals surface area contributed by atoms with Gasteiger partial charge in [0.05, 0.1) is 27.4 Å². The van der Waals surface area contributed by atoms with Crippen molar-refractivity contribution in [1.29, 1.82) is 0 Å². The zero-order valence-electron chi connectivity index (χ0n) is 19.3. The third kappa shape index (κ3) is 9.02. The summed E-state index contributed by atoms with van der Waals surface area (Å²) in [5.74, 6) is 2.05. The highest BCUT2D eigenvalue weighted by molar-refractivity contribution is 5.84. The minimum absolute atomic E-state index is 0.0330. The molecule has 1 aromatic carbocycles. The molecule has 1 amide bonds. The van der Waals surface area contributed by atoms with E-state index in [0.29, 0.717) is 24.0 Å². The van der Waals surface area contributed by atoms with E-state index in [1.54, 1.807) is 33.2 Å². The third-order valence-corrected chi connectivity index (χ3v) is 5.07. The average Bonchev–Trinajstić information content (AvgIpc) is 2.79. The zero-order valence-corrected chi connectivity index (χ0v) is 19.3. The Balaban J connectivity index is 1.84. The Kier molecular flexibility index (Phi) is 10.9. The molecule has 1 aliphatic rings. The number of hydrogen-bond donors (Lipinski definition) is 2. The van der Waals surface area contributed by atoms with Gasteiger partial charge in [0, 0.05) is 40.3 Å². The first-order chi connectivity index (χ1) is 15.0. The number of amides is 1. The van der Waals surface area contributed by atoms with E-state index in [2.05, 4.69) is 20.5 Å². The number of aliphatic imine (C=N–C) groups is 1. The van der Waals surface area contributed by atoms with Crippen molar-refractivity contribution in [2.75, 3.05) is 80.8 Å². The molecule has 0 aromatic heterocycles. The summed E-state index contributed by atoms with van der Waals surface area (Å²) >= 11 is 0. The van der Waals surface area contributed by atoms with Crippen LogP contribution in [0.4, 0.5) is 0 Å². The van der Waals surface area contributed by atoms with Crippen molar-refractivity contribution >= 4 is 11.9 Å². The summed E-state index contributed by atoms with van der Waals surface area (Å²) in [6, 6.07) is 5.90. The molecule has 2 rings (SSSR count). The van der Waals surface area contributed by atoms with Gasteiger partial charge in [-0.2, -0.15) is 0 Å². The van der Waals surface area contributed by atoms with E-state index >= 15 is 0 Å². The van der Waals surface area contributed by atoms with Crippen LogP contribution in [0.25, 0.3) is 0 Å². The monoisotopic (exact) mass is 435 g/mol. The van der Waals surface area contributed by atoms with Gasteiger partial charge in [0.2, 0.25) is 5.91 Å². The van der Waals surface area contributed by atoms with Gasteiger partial charge in [-0.15, -0.1) is 0 Å². The van der Waals surface area contributed by atoms with Crippen LogP contribution in [-0.4, -0.2) is 102 Å². The number of nitrogens with one attached hydrogen (secondary N) is 2. The predicted octanol–water partition coefficient (Wildman–Crippen LogP) is 0.592. The number of carbonyl (C=O) groups excluding carboxylic acids is 1. The van der Waals surface area contributed by atoms with Gasteiger partial charge >= 0.3 is 0 Å². The lowest BCUT2D eigenvalue weighted by Crippen LogP contribution is -2.41. The number of rotatable bonds is 11. The van der Waals surface area contributed by atoms with Crippen LogP contribution in [0.5, 0.6) is 11.5 Å². The molecule has 0 atom stereocenters. The van der Waals surface area contributed by atoms with Gasteiger partial charge in [-0.25, -0.2) is 4.99 Å². The van der Waals surface area contributed by atoms with Crippen LogP contribution >= 0.6 is 0 Å². The van der Waals surface area contributed by atoms with E-state index in [1.807, 2.05) is 18.2 Å². The largest absolute Gasteiger partial charge is 0.493 e. The average molecular weight is 436 g/mol.